The van der Waals surface area contributed by atoms with Gasteiger partial charge in [0.1, 0.15) is 0 Å². The first-order valence-electron chi connectivity index (χ1n) is 4.71. The molecule has 0 bridgehead atoms. The number of hydrogen-bond donors (Lipinski definition) is 1. The van der Waals surface area contributed by atoms with Crippen molar-refractivity contribution in [2.24, 2.45) is 0 Å². The summed E-state index contributed by atoms with van der Waals surface area (Å²) in [5, 5.41) is 8.76. The second kappa shape index (κ2) is 5.98. The number of hydrogen-bond acceptors (Lipinski definition) is 2. The van der Waals surface area contributed by atoms with E-state index in [4.69, 9.17) is 5.11 Å². The number of aliphatic hydroxyl groups is 1. The first-order valence-corrected chi connectivity index (χ1v) is 6.78. The Morgan fingerprint density at radius 1 is 1.43 bits per heavy atom. The molecule has 0 aliphatic heterocycles. The maximum atomic E-state index is 8.76. The zero-order chi connectivity index (χ0) is 10.6. The lowest BCUT2D eigenvalue weighted by Crippen LogP contribution is -1.93. The molecule has 78 valence electrons. The van der Waals surface area contributed by atoms with Crippen molar-refractivity contribution in [3.05, 3.63) is 26.8 Å². The molecule has 1 aromatic rings. The summed E-state index contributed by atoms with van der Waals surface area (Å²) in [7, 11) is 0. The van der Waals surface area contributed by atoms with E-state index in [1.807, 2.05) is 0 Å². The summed E-state index contributed by atoms with van der Waals surface area (Å²) >= 11 is 4.12. The third-order valence-electron chi connectivity index (χ3n) is 2.04. The molecule has 14 heavy (non-hydrogen) atoms. The summed E-state index contributed by atoms with van der Waals surface area (Å²) in [6.07, 6.45) is 1.08. The van der Waals surface area contributed by atoms with E-state index in [2.05, 4.69) is 48.6 Å². The van der Waals surface area contributed by atoms with Crippen LogP contribution in [0.3, 0.4) is 0 Å². The van der Waals surface area contributed by atoms with E-state index in [1.54, 1.807) is 11.8 Å². The molecule has 0 saturated heterocycles. The molecule has 0 heterocycles. The SMILES string of the molecule is CCc1cc(SCCO)cc(C)c1I. The Kier molecular flexibility index (Phi) is 5.26. The summed E-state index contributed by atoms with van der Waals surface area (Å²) in [5.74, 6) is 0.781. The Balaban J connectivity index is 2.91. The van der Waals surface area contributed by atoms with E-state index in [1.165, 1.54) is 19.6 Å². The molecule has 1 aromatic carbocycles. The minimum absolute atomic E-state index is 0.247. The average Bonchev–Trinajstić information content (AvgIpc) is 2.19. The van der Waals surface area contributed by atoms with Crippen molar-refractivity contribution in [3.8, 4) is 0 Å². The third kappa shape index (κ3) is 3.14. The van der Waals surface area contributed by atoms with Crippen LogP contribution in [0, 0.1) is 10.5 Å². The van der Waals surface area contributed by atoms with E-state index < -0.39 is 0 Å². The fourth-order valence-electron chi connectivity index (χ4n) is 1.31. The zero-order valence-electron chi connectivity index (χ0n) is 8.51. The molecule has 0 unspecified atom stereocenters. The van der Waals surface area contributed by atoms with Gasteiger partial charge in [-0.2, -0.15) is 0 Å². The number of benzene rings is 1. The van der Waals surface area contributed by atoms with Crippen LogP contribution in [-0.2, 0) is 6.42 Å². The second-order valence-corrected chi connectivity index (χ2v) is 5.39. The molecule has 0 aliphatic rings. The number of halogens is 1. The molecule has 0 fully saturated rings. The van der Waals surface area contributed by atoms with Gasteiger partial charge < -0.3 is 5.11 Å². The molecule has 0 radical (unpaired) electrons. The van der Waals surface area contributed by atoms with Crippen LogP contribution < -0.4 is 0 Å². The van der Waals surface area contributed by atoms with Crippen LogP contribution >= 0.6 is 34.4 Å². The van der Waals surface area contributed by atoms with Crippen LogP contribution in [-0.4, -0.2) is 17.5 Å². The van der Waals surface area contributed by atoms with Crippen LogP contribution in [0.5, 0.6) is 0 Å². The predicted molar refractivity (Wildman–Crippen MR) is 71.1 cm³/mol. The fourth-order valence-corrected chi connectivity index (χ4v) is 2.82. The van der Waals surface area contributed by atoms with Gasteiger partial charge in [0, 0.05) is 14.2 Å². The molecule has 0 aromatic heterocycles. The minimum Gasteiger partial charge on any atom is -0.396 e. The monoisotopic (exact) mass is 322 g/mol. The molecule has 1 rings (SSSR count). The number of aliphatic hydroxyl groups excluding tert-OH is 1. The van der Waals surface area contributed by atoms with E-state index in [9.17, 15) is 0 Å². The highest BCUT2D eigenvalue weighted by atomic mass is 127. The molecule has 0 amide bonds. The van der Waals surface area contributed by atoms with Gasteiger partial charge in [0.25, 0.3) is 0 Å². The van der Waals surface area contributed by atoms with Gasteiger partial charge in [0.2, 0.25) is 0 Å². The summed E-state index contributed by atoms with van der Waals surface area (Å²) in [6, 6.07) is 4.43. The molecule has 1 nitrogen and oxygen atoms in total. The van der Waals surface area contributed by atoms with E-state index in [-0.39, 0.29) is 6.61 Å². The van der Waals surface area contributed by atoms with Gasteiger partial charge in [-0.15, -0.1) is 11.8 Å². The second-order valence-electron chi connectivity index (χ2n) is 3.14. The topological polar surface area (TPSA) is 20.2 Å². The van der Waals surface area contributed by atoms with Crippen molar-refractivity contribution in [3.63, 3.8) is 0 Å². The average molecular weight is 322 g/mol. The van der Waals surface area contributed by atoms with Crippen LogP contribution in [0.25, 0.3) is 0 Å². The Bertz CT molecular complexity index is 312. The maximum Gasteiger partial charge on any atom is 0.0525 e. The van der Waals surface area contributed by atoms with Crippen molar-refractivity contribution >= 4 is 34.4 Å². The smallest absolute Gasteiger partial charge is 0.0525 e. The predicted octanol–water partition coefficient (Wildman–Crippen LogP) is 3.25. The molecule has 0 atom stereocenters. The van der Waals surface area contributed by atoms with Crippen molar-refractivity contribution in [1.82, 2.24) is 0 Å². The molecule has 0 saturated carbocycles. The largest absolute Gasteiger partial charge is 0.396 e. The highest BCUT2D eigenvalue weighted by Gasteiger charge is 2.04. The van der Waals surface area contributed by atoms with Crippen LogP contribution in [0.15, 0.2) is 17.0 Å². The standard InChI is InChI=1S/C11H15IOS/c1-3-9-7-10(14-5-4-13)6-8(2)11(9)12/h6-7,13H,3-5H2,1-2H3. The lowest BCUT2D eigenvalue weighted by atomic mass is 10.1. The molecular weight excluding hydrogens is 307 g/mol. The van der Waals surface area contributed by atoms with Gasteiger partial charge in [-0.3, -0.25) is 0 Å². The Labute approximate surface area is 103 Å². The van der Waals surface area contributed by atoms with E-state index in [0.717, 1.165) is 12.2 Å². The van der Waals surface area contributed by atoms with Crippen molar-refractivity contribution < 1.29 is 5.11 Å². The first-order chi connectivity index (χ1) is 6.69. The maximum absolute atomic E-state index is 8.76. The highest BCUT2D eigenvalue weighted by Crippen LogP contribution is 2.26. The normalized spacial score (nSPS) is 10.6. The fraction of sp³-hybridized carbons (Fsp3) is 0.455. The molecule has 0 spiro atoms. The Morgan fingerprint density at radius 2 is 2.14 bits per heavy atom. The number of aryl methyl sites for hydroxylation is 2. The Morgan fingerprint density at radius 3 is 2.71 bits per heavy atom. The Hall–Kier alpha value is 0.260. The minimum atomic E-state index is 0.247. The zero-order valence-corrected chi connectivity index (χ0v) is 11.5. The van der Waals surface area contributed by atoms with E-state index >= 15 is 0 Å². The molecule has 0 aliphatic carbocycles. The van der Waals surface area contributed by atoms with Gasteiger partial charge in [-0.25, -0.2) is 0 Å². The van der Waals surface area contributed by atoms with E-state index in [0.29, 0.717) is 0 Å². The van der Waals surface area contributed by atoms with Crippen LogP contribution in [0.2, 0.25) is 0 Å². The molecular formula is C11H15IOS. The molecule has 1 N–H and O–H groups in total. The van der Waals surface area contributed by atoms with Gasteiger partial charge in [-0.05, 0) is 59.2 Å². The lowest BCUT2D eigenvalue weighted by molar-refractivity contribution is 0.322. The van der Waals surface area contributed by atoms with Gasteiger partial charge in [-0.1, -0.05) is 6.92 Å². The summed E-state index contributed by atoms with van der Waals surface area (Å²) in [5.41, 5.74) is 2.75. The third-order valence-corrected chi connectivity index (χ3v) is 4.54. The lowest BCUT2D eigenvalue weighted by Gasteiger charge is -2.08. The summed E-state index contributed by atoms with van der Waals surface area (Å²) in [4.78, 5) is 1.27. The first kappa shape index (κ1) is 12.3. The number of thioether (sulfide) groups is 1. The summed E-state index contributed by atoms with van der Waals surface area (Å²) in [6.45, 7) is 4.57. The molecule has 3 heteroatoms. The van der Waals surface area contributed by atoms with Gasteiger partial charge >= 0.3 is 0 Å². The van der Waals surface area contributed by atoms with Crippen LogP contribution in [0.1, 0.15) is 18.1 Å². The van der Waals surface area contributed by atoms with Gasteiger partial charge in [0.15, 0.2) is 0 Å². The number of rotatable bonds is 4. The highest BCUT2D eigenvalue weighted by molar-refractivity contribution is 14.1. The van der Waals surface area contributed by atoms with Gasteiger partial charge in [0.05, 0.1) is 6.61 Å². The van der Waals surface area contributed by atoms with Crippen molar-refractivity contribution in [1.29, 1.82) is 0 Å². The van der Waals surface area contributed by atoms with Crippen molar-refractivity contribution in [2.45, 2.75) is 25.2 Å². The summed E-state index contributed by atoms with van der Waals surface area (Å²) < 4.78 is 1.37. The van der Waals surface area contributed by atoms with Crippen molar-refractivity contribution in [2.75, 3.05) is 12.4 Å². The van der Waals surface area contributed by atoms with Crippen LogP contribution in [0.4, 0.5) is 0 Å². The quantitative estimate of drug-likeness (QED) is 0.678.